The molecule has 0 aromatic heterocycles. The number of rotatable bonds is 8. The third-order valence-corrected chi connectivity index (χ3v) is 4.39. The van der Waals surface area contributed by atoms with Crippen LogP contribution in [0, 0.1) is 0 Å². The van der Waals surface area contributed by atoms with E-state index in [9.17, 15) is 14.4 Å². The molecule has 148 valence electrons. The number of ketones is 1. The van der Waals surface area contributed by atoms with E-state index in [4.69, 9.17) is 9.47 Å². The number of amides is 2. The van der Waals surface area contributed by atoms with Gasteiger partial charge in [0.05, 0.1) is 6.61 Å². The van der Waals surface area contributed by atoms with E-state index in [2.05, 4.69) is 0 Å². The SMILES string of the molecule is CCOc1ccc(OCC(=O)N2CCCN(C(=O)CCC(C)=O)CC2)cc1. The molecule has 1 aliphatic rings. The average Bonchev–Trinajstić information content (AvgIpc) is 2.92. The highest BCUT2D eigenvalue weighted by atomic mass is 16.5. The molecular weight excluding hydrogens is 348 g/mol. The van der Waals surface area contributed by atoms with Crippen molar-refractivity contribution in [3.8, 4) is 11.5 Å². The lowest BCUT2D eigenvalue weighted by Gasteiger charge is -2.22. The second-order valence-electron chi connectivity index (χ2n) is 6.51. The van der Waals surface area contributed by atoms with Crippen LogP contribution in [0.2, 0.25) is 0 Å². The van der Waals surface area contributed by atoms with Gasteiger partial charge in [-0.2, -0.15) is 0 Å². The van der Waals surface area contributed by atoms with Crippen LogP contribution >= 0.6 is 0 Å². The topological polar surface area (TPSA) is 76.2 Å². The van der Waals surface area contributed by atoms with E-state index in [1.54, 1.807) is 34.1 Å². The molecule has 0 unspecified atom stereocenters. The van der Waals surface area contributed by atoms with E-state index in [0.29, 0.717) is 38.5 Å². The lowest BCUT2D eigenvalue weighted by Crippen LogP contribution is -2.39. The Hall–Kier alpha value is -2.57. The fourth-order valence-corrected chi connectivity index (χ4v) is 2.89. The van der Waals surface area contributed by atoms with Gasteiger partial charge in [0.15, 0.2) is 6.61 Å². The summed E-state index contributed by atoms with van der Waals surface area (Å²) in [6, 6.07) is 7.16. The van der Waals surface area contributed by atoms with Crippen molar-refractivity contribution in [2.75, 3.05) is 39.4 Å². The van der Waals surface area contributed by atoms with Gasteiger partial charge in [-0.15, -0.1) is 0 Å². The minimum atomic E-state index is -0.0954. The number of nitrogens with zero attached hydrogens (tertiary/aromatic N) is 2. The van der Waals surface area contributed by atoms with Crippen molar-refractivity contribution in [1.29, 1.82) is 0 Å². The van der Waals surface area contributed by atoms with E-state index in [1.807, 2.05) is 6.92 Å². The Morgan fingerprint density at radius 2 is 1.41 bits per heavy atom. The third-order valence-electron chi connectivity index (χ3n) is 4.39. The highest BCUT2D eigenvalue weighted by Gasteiger charge is 2.22. The first-order valence-corrected chi connectivity index (χ1v) is 9.40. The quantitative estimate of drug-likeness (QED) is 0.693. The van der Waals surface area contributed by atoms with Crippen LogP contribution < -0.4 is 9.47 Å². The van der Waals surface area contributed by atoms with Crippen LogP contribution in [-0.2, 0) is 14.4 Å². The van der Waals surface area contributed by atoms with E-state index in [0.717, 1.165) is 12.2 Å². The summed E-state index contributed by atoms with van der Waals surface area (Å²) < 4.78 is 10.9. The van der Waals surface area contributed by atoms with E-state index < -0.39 is 0 Å². The summed E-state index contributed by atoms with van der Waals surface area (Å²) >= 11 is 0. The van der Waals surface area contributed by atoms with Crippen molar-refractivity contribution in [3.05, 3.63) is 24.3 Å². The maximum absolute atomic E-state index is 12.4. The highest BCUT2D eigenvalue weighted by Crippen LogP contribution is 2.17. The van der Waals surface area contributed by atoms with Crippen molar-refractivity contribution < 1.29 is 23.9 Å². The van der Waals surface area contributed by atoms with Gasteiger partial charge in [-0.05, 0) is 44.5 Å². The van der Waals surface area contributed by atoms with Crippen molar-refractivity contribution in [3.63, 3.8) is 0 Å². The van der Waals surface area contributed by atoms with Gasteiger partial charge in [0, 0.05) is 39.0 Å². The van der Waals surface area contributed by atoms with Gasteiger partial charge < -0.3 is 24.1 Å². The average molecular weight is 376 g/mol. The fourth-order valence-electron chi connectivity index (χ4n) is 2.89. The summed E-state index contributed by atoms with van der Waals surface area (Å²) in [7, 11) is 0. The van der Waals surface area contributed by atoms with Gasteiger partial charge in [-0.3, -0.25) is 9.59 Å². The van der Waals surface area contributed by atoms with Gasteiger partial charge in [0.1, 0.15) is 17.3 Å². The second-order valence-corrected chi connectivity index (χ2v) is 6.51. The zero-order valence-electron chi connectivity index (χ0n) is 16.1. The molecule has 1 fully saturated rings. The molecule has 7 heteroatoms. The lowest BCUT2D eigenvalue weighted by molar-refractivity contribution is -0.135. The zero-order valence-corrected chi connectivity index (χ0v) is 16.1. The van der Waals surface area contributed by atoms with Gasteiger partial charge in [-0.25, -0.2) is 0 Å². The Morgan fingerprint density at radius 3 is 1.96 bits per heavy atom. The Bertz CT molecular complexity index is 644. The number of ether oxygens (including phenoxy) is 2. The maximum Gasteiger partial charge on any atom is 0.260 e. The number of benzene rings is 1. The summed E-state index contributed by atoms with van der Waals surface area (Å²) in [5, 5.41) is 0. The van der Waals surface area contributed by atoms with Crippen LogP contribution in [0.1, 0.15) is 33.1 Å². The monoisotopic (exact) mass is 376 g/mol. The minimum absolute atomic E-state index is 0.0152. The number of carbonyl (C=O) groups is 3. The van der Waals surface area contributed by atoms with Crippen LogP contribution in [0.4, 0.5) is 0 Å². The molecule has 1 saturated heterocycles. The van der Waals surface area contributed by atoms with Crippen molar-refractivity contribution in [2.24, 2.45) is 0 Å². The lowest BCUT2D eigenvalue weighted by atomic mass is 10.2. The van der Waals surface area contributed by atoms with Gasteiger partial charge in [0.25, 0.3) is 5.91 Å². The van der Waals surface area contributed by atoms with Gasteiger partial charge >= 0.3 is 0 Å². The third kappa shape index (κ3) is 6.92. The Labute approximate surface area is 160 Å². The zero-order chi connectivity index (χ0) is 19.6. The van der Waals surface area contributed by atoms with Crippen LogP contribution in [0.5, 0.6) is 11.5 Å². The molecule has 1 heterocycles. The highest BCUT2D eigenvalue weighted by molar-refractivity contribution is 5.83. The predicted octanol–water partition coefficient (Wildman–Crippen LogP) is 1.89. The molecular formula is C20H28N2O5. The van der Waals surface area contributed by atoms with Crippen LogP contribution in [0.3, 0.4) is 0 Å². The molecule has 1 aromatic rings. The Balaban J connectivity index is 1.78. The van der Waals surface area contributed by atoms with E-state index in [-0.39, 0.29) is 37.0 Å². The maximum atomic E-state index is 12.4. The summed E-state index contributed by atoms with van der Waals surface area (Å²) in [5.74, 6) is 1.27. The molecule has 7 nitrogen and oxygen atoms in total. The number of Topliss-reactive ketones (excluding diaryl/α,β-unsaturated/α-hetero) is 1. The Kier molecular flexibility index (Phi) is 8.10. The molecule has 1 aromatic carbocycles. The normalized spacial score (nSPS) is 14.4. The summed E-state index contributed by atoms with van der Waals surface area (Å²) in [4.78, 5) is 39.1. The number of hydrogen-bond acceptors (Lipinski definition) is 5. The standard InChI is InChI=1S/C20H28N2O5/c1-3-26-17-6-8-18(9-7-17)27-15-20(25)22-12-4-11-21(13-14-22)19(24)10-5-16(2)23/h6-9H,3-5,10-15H2,1-2H3. The molecule has 0 radical (unpaired) electrons. The number of carbonyl (C=O) groups excluding carboxylic acids is 3. The van der Waals surface area contributed by atoms with Crippen LogP contribution in [-0.4, -0.2) is 66.8 Å². The molecule has 27 heavy (non-hydrogen) atoms. The second kappa shape index (κ2) is 10.5. The van der Waals surface area contributed by atoms with Crippen LogP contribution in [0.15, 0.2) is 24.3 Å². The van der Waals surface area contributed by atoms with E-state index >= 15 is 0 Å². The van der Waals surface area contributed by atoms with Crippen molar-refractivity contribution in [2.45, 2.75) is 33.1 Å². The Morgan fingerprint density at radius 1 is 0.852 bits per heavy atom. The molecule has 0 spiro atoms. The van der Waals surface area contributed by atoms with Crippen molar-refractivity contribution in [1.82, 2.24) is 9.80 Å². The summed E-state index contributed by atoms with van der Waals surface area (Å²) in [6.07, 6.45) is 1.23. The minimum Gasteiger partial charge on any atom is -0.494 e. The first-order valence-electron chi connectivity index (χ1n) is 9.40. The first kappa shape index (κ1) is 20.7. The predicted molar refractivity (Wildman–Crippen MR) is 101 cm³/mol. The molecule has 0 aliphatic carbocycles. The molecule has 2 amide bonds. The smallest absolute Gasteiger partial charge is 0.260 e. The summed E-state index contributed by atoms with van der Waals surface area (Å²) in [5.41, 5.74) is 0. The molecule has 1 aliphatic heterocycles. The van der Waals surface area contributed by atoms with Gasteiger partial charge in [-0.1, -0.05) is 0 Å². The first-order chi connectivity index (χ1) is 13.0. The molecule has 0 atom stereocenters. The van der Waals surface area contributed by atoms with E-state index in [1.165, 1.54) is 6.92 Å². The molecule has 2 rings (SSSR count). The molecule has 0 bridgehead atoms. The number of hydrogen-bond donors (Lipinski definition) is 0. The largest absolute Gasteiger partial charge is 0.494 e. The fraction of sp³-hybridized carbons (Fsp3) is 0.550. The van der Waals surface area contributed by atoms with Crippen LogP contribution in [0.25, 0.3) is 0 Å². The summed E-state index contributed by atoms with van der Waals surface area (Å²) in [6.45, 7) is 6.15. The molecule has 0 saturated carbocycles. The van der Waals surface area contributed by atoms with Crippen molar-refractivity contribution >= 4 is 17.6 Å². The molecule has 0 N–H and O–H groups in total. The van der Waals surface area contributed by atoms with Gasteiger partial charge in [0.2, 0.25) is 5.91 Å².